The average molecular weight is 275 g/mol. The Hall–Kier alpha value is -2.06. The van der Waals surface area contributed by atoms with Crippen LogP contribution in [0.3, 0.4) is 0 Å². The van der Waals surface area contributed by atoms with Crippen LogP contribution in [-0.2, 0) is 0 Å². The molecule has 3 rings (SSSR count). The van der Waals surface area contributed by atoms with E-state index in [1.807, 2.05) is 6.07 Å². The molecule has 96 valence electrons. The minimum atomic E-state index is 0.380. The maximum absolute atomic E-state index is 9.08. The molecule has 19 heavy (non-hydrogen) atoms. The lowest BCUT2D eigenvalue weighted by Crippen LogP contribution is -2.02. The molecule has 1 aromatic carbocycles. The first-order chi connectivity index (χ1) is 9.24. The number of methoxy groups -OCH3 is 1. The molecule has 0 bridgehead atoms. The summed E-state index contributed by atoms with van der Waals surface area (Å²) in [4.78, 5) is 0. The molecule has 0 atom stereocenters. The third-order valence-corrected chi connectivity index (χ3v) is 3.45. The number of ether oxygens (including phenoxy) is 1. The number of halogens is 1. The van der Waals surface area contributed by atoms with E-state index in [-0.39, 0.29) is 0 Å². The highest BCUT2D eigenvalue weighted by Crippen LogP contribution is 2.42. The first-order valence-electron chi connectivity index (χ1n) is 5.94. The van der Waals surface area contributed by atoms with E-state index >= 15 is 0 Å². The molecular weight excluding hydrogens is 264 g/mol. The highest BCUT2D eigenvalue weighted by Gasteiger charge is 2.32. The van der Waals surface area contributed by atoms with Gasteiger partial charge < -0.3 is 4.74 Å². The van der Waals surface area contributed by atoms with Crippen molar-refractivity contribution in [1.82, 2.24) is 15.0 Å². The molecule has 6 heteroatoms. The second-order valence-electron chi connectivity index (χ2n) is 4.44. The van der Waals surface area contributed by atoms with Gasteiger partial charge in [0.2, 0.25) is 0 Å². The fourth-order valence-electron chi connectivity index (χ4n) is 2.07. The molecule has 1 aromatic heterocycles. The molecule has 0 N–H and O–H groups in total. The predicted molar refractivity (Wildman–Crippen MR) is 69.6 cm³/mol. The van der Waals surface area contributed by atoms with Gasteiger partial charge in [-0.15, -0.1) is 5.10 Å². The van der Waals surface area contributed by atoms with Crippen LogP contribution in [0, 0.1) is 11.3 Å². The van der Waals surface area contributed by atoms with Crippen LogP contribution in [0.25, 0.3) is 5.69 Å². The van der Waals surface area contributed by atoms with Gasteiger partial charge in [0, 0.05) is 5.92 Å². The minimum absolute atomic E-state index is 0.380. The molecule has 2 aromatic rings. The van der Waals surface area contributed by atoms with E-state index in [1.165, 1.54) is 0 Å². The van der Waals surface area contributed by atoms with Gasteiger partial charge in [0.15, 0.2) is 5.69 Å². The predicted octanol–water partition coefficient (Wildman–Crippen LogP) is 2.68. The quantitative estimate of drug-likeness (QED) is 0.863. The fourth-order valence-corrected chi connectivity index (χ4v) is 2.32. The minimum Gasteiger partial charge on any atom is -0.495 e. The third kappa shape index (κ3) is 2.04. The molecule has 0 radical (unpaired) electrons. The zero-order valence-electron chi connectivity index (χ0n) is 10.3. The van der Waals surface area contributed by atoms with E-state index in [2.05, 4.69) is 16.4 Å². The average Bonchev–Trinajstić information content (AvgIpc) is 3.17. The van der Waals surface area contributed by atoms with Crippen LogP contribution in [0.4, 0.5) is 0 Å². The Morgan fingerprint density at radius 3 is 2.84 bits per heavy atom. The Morgan fingerprint density at radius 2 is 2.26 bits per heavy atom. The Bertz CT molecular complexity index is 670. The van der Waals surface area contributed by atoms with Crippen molar-refractivity contribution in [3.8, 4) is 17.5 Å². The van der Waals surface area contributed by atoms with E-state index in [0.717, 1.165) is 24.2 Å². The van der Waals surface area contributed by atoms with E-state index < -0.39 is 0 Å². The van der Waals surface area contributed by atoms with Crippen LogP contribution < -0.4 is 4.74 Å². The summed E-state index contributed by atoms with van der Waals surface area (Å²) in [5.41, 5.74) is 2.07. The van der Waals surface area contributed by atoms with Gasteiger partial charge in [-0.1, -0.05) is 16.8 Å². The Morgan fingerprint density at radius 1 is 1.47 bits per heavy atom. The van der Waals surface area contributed by atoms with Crippen molar-refractivity contribution in [1.29, 1.82) is 5.26 Å². The highest BCUT2D eigenvalue weighted by atomic mass is 35.5. The summed E-state index contributed by atoms with van der Waals surface area (Å²) in [5, 5.41) is 17.6. The molecule has 0 aliphatic heterocycles. The van der Waals surface area contributed by atoms with Crippen molar-refractivity contribution in [2.24, 2.45) is 0 Å². The summed E-state index contributed by atoms with van der Waals surface area (Å²) in [6.45, 7) is 0. The number of rotatable bonds is 3. The second-order valence-corrected chi connectivity index (χ2v) is 4.85. The van der Waals surface area contributed by atoms with Gasteiger partial charge in [0.05, 0.1) is 23.5 Å². The molecule has 1 saturated carbocycles. The highest BCUT2D eigenvalue weighted by molar-refractivity contribution is 6.32. The molecule has 0 saturated heterocycles. The molecule has 5 nitrogen and oxygen atoms in total. The van der Waals surface area contributed by atoms with Gasteiger partial charge in [0.1, 0.15) is 11.8 Å². The molecule has 1 fully saturated rings. The maximum Gasteiger partial charge on any atom is 0.186 e. The van der Waals surface area contributed by atoms with Crippen LogP contribution in [0.1, 0.15) is 30.1 Å². The normalized spacial score (nSPS) is 14.2. The van der Waals surface area contributed by atoms with Gasteiger partial charge in [-0.3, -0.25) is 0 Å². The van der Waals surface area contributed by atoms with Crippen molar-refractivity contribution >= 4 is 11.6 Å². The number of nitrogens with zero attached hydrogens (tertiary/aromatic N) is 4. The lowest BCUT2D eigenvalue weighted by Gasteiger charge is -2.08. The van der Waals surface area contributed by atoms with Crippen molar-refractivity contribution < 1.29 is 4.74 Å². The summed E-state index contributed by atoms with van der Waals surface area (Å²) >= 11 is 6.12. The van der Waals surface area contributed by atoms with Gasteiger partial charge in [0.25, 0.3) is 0 Å². The van der Waals surface area contributed by atoms with Gasteiger partial charge >= 0.3 is 0 Å². The van der Waals surface area contributed by atoms with Crippen LogP contribution in [0.2, 0.25) is 5.02 Å². The molecule has 1 heterocycles. The zero-order chi connectivity index (χ0) is 13.4. The number of aromatic nitrogens is 3. The smallest absolute Gasteiger partial charge is 0.186 e. The summed E-state index contributed by atoms with van der Waals surface area (Å²) in [6, 6.07) is 7.49. The lowest BCUT2D eigenvalue weighted by atomic mass is 10.2. The first kappa shape index (κ1) is 12.0. The SMILES string of the molecule is COc1ccc(-n2nnc(C#N)c2C2CC2)cc1Cl. The van der Waals surface area contributed by atoms with Crippen molar-refractivity contribution in [3.05, 3.63) is 34.6 Å². The monoisotopic (exact) mass is 274 g/mol. The first-order valence-corrected chi connectivity index (χ1v) is 6.32. The molecule has 1 aliphatic carbocycles. The van der Waals surface area contributed by atoms with Gasteiger partial charge in [-0.25, -0.2) is 4.68 Å². The summed E-state index contributed by atoms with van der Waals surface area (Å²) in [7, 11) is 1.57. The van der Waals surface area contributed by atoms with E-state index in [1.54, 1.807) is 23.9 Å². The number of hydrogen-bond donors (Lipinski definition) is 0. The zero-order valence-corrected chi connectivity index (χ0v) is 11.1. The molecular formula is C13H11ClN4O. The van der Waals surface area contributed by atoms with Crippen LogP contribution in [0.15, 0.2) is 18.2 Å². The fraction of sp³-hybridized carbons (Fsp3) is 0.308. The second kappa shape index (κ2) is 4.56. The largest absolute Gasteiger partial charge is 0.495 e. The van der Waals surface area contributed by atoms with Crippen molar-refractivity contribution in [2.75, 3.05) is 7.11 Å². The molecule has 0 amide bonds. The number of nitriles is 1. The lowest BCUT2D eigenvalue weighted by molar-refractivity contribution is 0.415. The number of hydrogen-bond acceptors (Lipinski definition) is 4. The van der Waals surface area contributed by atoms with Gasteiger partial charge in [-0.05, 0) is 31.0 Å². The summed E-state index contributed by atoms with van der Waals surface area (Å²) in [6.07, 6.45) is 2.15. The van der Waals surface area contributed by atoms with Crippen LogP contribution >= 0.6 is 11.6 Å². The molecule has 0 unspecified atom stereocenters. The van der Waals surface area contributed by atoms with Crippen molar-refractivity contribution in [3.63, 3.8) is 0 Å². The van der Waals surface area contributed by atoms with E-state index in [4.69, 9.17) is 21.6 Å². The van der Waals surface area contributed by atoms with Crippen LogP contribution in [0.5, 0.6) is 5.75 Å². The summed E-state index contributed by atoms with van der Waals surface area (Å²) < 4.78 is 6.82. The Balaban J connectivity index is 2.10. The van der Waals surface area contributed by atoms with Crippen molar-refractivity contribution in [2.45, 2.75) is 18.8 Å². The standard InChI is InChI=1S/C13H11ClN4O/c1-19-12-5-4-9(6-10(12)14)18-13(8-2-3-8)11(7-15)16-17-18/h4-6,8H,2-3H2,1H3. The molecule has 1 aliphatic rings. The third-order valence-electron chi connectivity index (χ3n) is 3.15. The topological polar surface area (TPSA) is 63.7 Å². The molecule has 0 spiro atoms. The van der Waals surface area contributed by atoms with Crippen LogP contribution in [-0.4, -0.2) is 22.1 Å². The Labute approximate surface area is 115 Å². The number of benzene rings is 1. The summed E-state index contributed by atoms with van der Waals surface area (Å²) in [5.74, 6) is 0.990. The van der Waals surface area contributed by atoms with Gasteiger partial charge in [-0.2, -0.15) is 5.26 Å². The van der Waals surface area contributed by atoms with E-state index in [9.17, 15) is 0 Å². The maximum atomic E-state index is 9.08. The van der Waals surface area contributed by atoms with E-state index in [0.29, 0.717) is 22.4 Å². The Kier molecular flexibility index (Phi) is 2.88.